The summed E-state index contributed by atoms with van der Waals surface area (Å²) in [5.74, 6) is -1.58. The van der Waals surface area contributed by atoms with Crippen molar-refractivity contribution < 1.29 is 18.4 Å². The average Bonchev–Trinajstić information content (AvgIpc) is 2.60. The van der Waals surface area contributed by atoms with E-state index in [2.05, 4.69) is 5.32 Å². The summed E-state index contributed by atoms with van der Waals surface area (Å²) in [6, 6.07) is 2.67. The molecule has 1 aromatic rings. The van der Waals surface area contributed by atoms with Crippen molar-refractivity contribution >= 4 is 17.5 Å². The number of rotatable bonds is 5. The minimum absolute atomic E-state index is 0.0141. The quantitative estimate of drug-likeness (QED) is 0.816. The number of hydrogen-bond donors (Lipinski definition) is 2. The molecule has 1 heterocycles. The maximum Gasteiger partial charge on any atom is 0.242 e. The fourth-order valence-corrected chi connectivity index (χ4v) is 2.62. The lowest BCUT2D eigenvalue weighted by Gasteiger charge is -2.36. The zero-order valence-electron chi connectivity index (χ0n) is 14.5. The Morgan fingerprint density at radius 2 is 1.84 bits per heavy atom. The van der Waals surface area contributed by atoms with Crippen LogP contribution in [0.2, 0.25) is 0 Å². The molecule has 8 heteroatoms. The molecule has 0 aromatic heterocycles. The van der Waals surface area contributed by atoms with Gasteiger partial charge in [0, 0.05) is 32.2 Å². The molecular weight excluding hydrogens is 330 g/mol. The fraction of sp³-hybridized carbons (Fsp3) is 0.529. The first kappa shape index (κ1) is 19.1. The molecule has 2 amide bonds. The van der Waals surface area contributed by atoms with Gasteiger partial charge in [0.2, 0.25) is 11.8 Å². The van der Waals surface area contributed by atoms with E-state index in [9.17, 15) is 18.4 Å². The van der Waals surface area contributed by atoms with E-state index in [0.29, 0.717) is 26.2 Å². The van der Waals surface area contributed by atoms with Crippen LogP contribution in [0.25, 0.3) is 0 Å². The fourth-order valence-electron chi connectivity index (χ4n) is 2.62. The van der Waals surface area contributed by atoms with Gasteiger partial charge in [-0.1, -0.05) is 13.8 Å². The number of carbonyl (C=O) groups excluding carboxylic acids is 2. The second-order valence-electron chi connectivity index (χ2n) is 6.45. The Balaban J connectivity index is 1.84. The van der Waals surface area contributed by atoms with Gasteiger partial charge in [0.1, 0.15) is 11.6 Å². The normalized spacial score (nSPS) is 16.1. The van der Waals surface area contributed by atoms with Gasteiger partial charge in [-0.25, -0.2) is 8.78 Å². The van der Waals surface area contributed by atoms with Gasteiger partial charge in [0.15, 0.2) is 0 Å². The predicted molar refractivity (Wildman–Crippen MR) is 91.0 cm³/mol. The summed E-state index contributed by atoms with van der Waals surface area (Å²) < 4.78 is 27.1. The van der Waals surface area contributed by atoms with Crippen LogP contribution in [-0.4, -0.2) is 55.5 Å². The van der Waals surface area contributed by atoms with Crippen LogP contribution in [0.15, 0.2) is 18.2 Å². The van der Waals surface area contributed by atoms with E-state index in [1.807, 2.05) is 13.8 Å². The number of nitrogens with zero attached hydrogens (tertiary/aromatic N) is 2. The van der Waals surface area contributed by atoms with Crippen LogP contribution < -0.4 is 16.0 Å². The molecular formula is C17H24F2N4O2. The summed E-state index contributed by atoms with van der Waals surface area (Å²) in [6.45, 7) is 5.08. The molecule has 0 aliphatic carbocycles. The van der Waals surface area contributed by atoms with Crippen molar-refractivity contribution in [2.75, 3.05) is 37.6 Å². The summed E-state index contributed by atoms with van der Waals surface area (Å²) in [5.41, 5.74) is 5.92. The molecule has 3 N–H and O–H groups in total. The first-order valence-corrected chi connectivity index (χ1v) is 8.30. The second-order valence-corrected chi connectivity index (χ2v) is 6.45. The molecule has 1 aliphatic rings. The molecule has 1 aliphatic heterocycles. The van der Waals surface area contributed by atoms with Gasteiger partial charge in [-0.15, -0.1) is 0 Å². The lowest BCUT2D eigenvalue weighted by Crippen LogP contribution is -2.53. The highest BCUT2D eigenvalue weighted by Gasteiger charge is 2.24. The topological polar surface area (TPSA) is 78.7 Å². The Bertz CT molecular complexity index is 631. The third-order valence-corrected chi connectivity index (χ3v) is 4.32. The number of nitrogens with two attached hydrogens (primary N) is 1. The maximum absolute atomic E-state index is 13.8. The molecule has 2 rings (SSSR count). The van der Waals surface area contributed by atoms with E-state index in [1.54, 1.807) is 9.80 Å². The van der Waals surface area contributed by atoms with Gasteiger partial charge in [0.05, 0.1) is 18.3 Å². The molecule has 0 radical (unpaired) electrons. The summed E-state index contributed by atoms with van der Waals surface area (Å²) in [7, 11) is 0. The molecule has 1 fully saturated rings. The molecule has 0 spiro atoms. The minimum Gasteiger partial charge on any atom is -0.366 e. The Labute approximate surface area is 146 Å². The number of nitrogens with one attached hydrogen (secondary N) is 1. The lowest BCUT2D eigenvalue weighted by atomic mass is 10.1. The molecule has 138 valence electrons. The molecule has 0 saturated carbocycles. The molecule has 1 atom stereocenters. The van der Waals surface area contributed by atoms with E-state index in [0.717, 1.165) is 18.2 Å². The number of benzene rings is 1. The Morgan fingerprint density at radius 3 is 2.44 bits per heavy atom. The van der Waals surface area contributed by atoms with Crippen molar-refractivity contribution in [3.63, 3.8) is 0 Å². The van der Waals surface area contributed by atoms with Gasteiger partial charge < -0.3 is 20.9 Å². The second kappa shape index (κ2) is 8.24. The molecule has 1 aromatic carbocycles. The van der Waals surface area contributed by atoms with Crippen molar-refractivity contribution in [2.24, 2.45) is 11.7 Å². The van der Waals surface area contributed by atoms with Crippen LogP contribution in [-0.2, 0) is 9.59 Å². The van der Waals surface area contributed by atoms with Crippen LogP contribution in [0, 0.1) is 17.6 Å². The predicted octanol–water partition coefficient (Wildman–Crippen LogP) is 0.713. The van der Waals surface area contributed by atoms with Gasteiger partial charge in [-0.2, -0.15) is 0 Å². The van der Waals surface area contributed by atoms with Crippen molar-refractivity contribution in [2.45, 2.75) is 19.9 Å². The van der Waals surface area contributed by atoms with E-state index in [4.69, 9.17) is 5.73 Å². The SMILES string of the molecule is CC(C)[C@H](N)C(=O)NCC(=O)N1CCN(c2cc(F)ccc2F)CC1. The highest BCUT2D eigenvalue weighted by molar-refractivity contribution is 5.87. The van der Waals surface area contributed by atoms with Gasteiger partial charge in [-0.05, 0) is 18.1 Å². The number of carbonyl (C=O) groups is 2. The van der Waals surface area contributed by atoms with Crippen molar-refractivity contribution in [3.8, 4) is 0 Å². The third-order valence-electron chi connectivity index (χ3n) is 4.32. The minimum atomic E-state index is -0.652. The van der Waals surface area contributed by atoms with Crippen LogP contribution >= 0.6 is 0 Å². The van der Waals surface area contributed by atoms with Gasteiger partial charge in [0.25, 0.3) is 0 Å². The van der Waals surface area contributed by atoms with Crippen LogP contribution in [0.4, 0.5) is 14.5 Å². The van der Waals surface area contributed by atoms with Crippen molar-refractivity contribution in [3.05, 3.63) is 29.8 Å². The summed E-state index contributed by atoms with van der Waals surface area (Å²) in [6.07, 6.45) is 0. The van der Waals surface area contributed by atoms with Crippen molar-refractivity contribution in [1.82, 2.24) is 10.2 Å². The standard InChI is InChI=1S/C17H24F2N4O2/c1-11(2)16(20)17(25)21-10-15(24)23-7-5-22(6-8-23)14-9-12(18)3-4-13(14)19/h3-4,9,11,16H,5-8,10,20H2,1-2H3,(H,21,25)/t16-/m0/s1. The summed E-state index contributed by atoms with van der Waals surface area (Å²) in [4.78, 5) is 27.3. The summed E-state index contributed by atoms with van der Waals surface area (Å²) >= 11 is 0. The van der Waals surface area contributed by atoms with Gasteiger partial charge in [-0.3, -0.25) is 9.59 Å². The molecule has 0 bridgehead atoms. The van der Waals surface area contributed by atoms with E-state index < -0.39 is 17.7 Å². The Hall–Kier alpha value is -2.22. The Kier molecular flexibility index (Phi) is 6.30. The largest absolute Gasteiger partial charge is 0.366 e. The molecule has 0 unspecified atom stereocenters. The highest BCUT2D eigenvalue weighted by atomic mass is 19.1. The first-order valence-electron chi connectivity index (χ1n) is 8.30. The smallest absolute Gasteiger partial charge is 0.242 e. The van der Waals surface area contributed by atoms with Gasteiger partial charge >= 0.3 is 0 Å². The van der Waals surface area contributed by atoms with E-state index >= 15 is 0 Å². The van der Waals surface area contributed by atoms with E-state index in [1.165, 1.54) is 0 Å². The number of piperazine rings is 1. The zero-order chi connectivity index (χ0) is 18.6. The number of halogens is 2. The maximum atomic E-state index is 13.8. The molecule has 6 nitrogen and oxygen atoms in total. The van der Waals surface area contributed by atoms with Crippen LogP contribution in [0.1, 0.15) is 13.8 Å². The molecule has 25 heavy (non-hydrogen) atoms. The van der Waals surface area contributed by atoms with E-state index in [-0.39, 0.29) is 30.0 Å². The lowest BCUT2D eigenvalue weighted by molar-refractivity contribution is -0.133. The van der Waals surface area contributed by atoms with Crippen molar-refractivity contribution in [1.29, 1.82) is 0 Å². The number of anilines is 1. The van der Waals surface area contributed by atoms with Crippen LogP contribution in [0.5, 0.6) is 0 Å². The molecule has 1 saturated heterocycles. The Morgan fingerprint density at radius 1 is 1.20 bits per heavy atom. The highest BCUT2D eigenvalue weighted by Crippen LogP contribution is 2.21. The average molecular weight is 354 g/mol. The number of hydrogen-bond acceptors (Lipinski definition) is 4. The zero-order valence-corrected chi connectivity index (χ0v) is 14.5. The monoisotopic (exact) mass is 354 g/mol. The summed E-state index contributed by atoms with van der Waals surface area (Å²) in [5, 5.41) is 2.54. The number of amides is 2. The van der Waals surface area contributed by atoms with Crippen LogP contribution in [0.3, 0.4) is 0 Å². The third kappa shape index (κ3) is 4.88. The first-order chi connectivity index (χ1) is 11.8.